The van der Waals surface area contributed by atoms with Gasteiger partial charge in [-0.1, -0.05) is 18.5 Å². The minimum Gasteiger partial charge on any atom is -0.496 e. The topological polar surface area (TPSA) is 35.5 Å². The molecule has 0 aromatic heterocycles. The van der Waals surface area contributed by atoms with Crippen LogP contribution in [0, 0.1) is 0 Å². The highest BCUT2D eigenvalue weighted by Crippen LogP contribution is 2.39. The molecule has 0 spiro atoms. The minimum absolute atomic E-state index is 0.207. The smallest absolute Gasteiger partial charge is 0.138 e. The SMILES string of the molecule is CCC(CCC(C)=O)c1cc(OC)c(Cl)cc1OC. The van der Waals surface area contributed by atoms with E-state index in [4.69, 9.17) is 21.1 Å². The zero-order valence-corrected chi connectivity index (χ0v) is 12.7. The molecule has 0 aliphatic rings. The van der Waals surface area contributed by atoms with Crippen LogP contribution in [-0.2, 0) is 4.79 Å². The summed E-state index contributed by atoms with van der Waals surface area (Å²) in [6.07, 6.45) is 2.33. The number of hydrogen-bond acceptors (Lipinski definition) is 3. The van der Waals surface area contributed by atoms with Gasteiger partial charge in [0.25, 0.3) is 0 Å². The van der Waals surface area contributed by atoms with Gasteiger partial charge in [-0.05, 0) is 31.7 Å². The molecule has 1 rings (SSSR count). The number of carbonyl (C=O) groups is 1. The summed E-state index contributed by atoms with van der Waals surface area (Å²) in [5.74, 6) is 1.86. The van der Waals surface area contributed by atoms with Crippen LogP contribution in [0.15, 0.2) is 12.1 Å². The third-order valence-electron chi connectivity index (χ3n) is 3.28. The molecule has 1 aromatic rings. The first kappa shape index (κ1) is 15.8. The molecule has 19 heavy (non-hydrogen) atoms. The van der Waals surface area contributed by atoms with Crippen molar-refractivity contribution in [2.75, 3.05) is 14.2 Å². The van der Waals surface area contributed by atoms with Crippen LogP contribution in [0.5, 0.6) is 11.5 Å². The summed E-state index contributed by atoms with van der Waals surface area (Å²) in [6, 6.07) is 3.68. The highest BCUT2D eigenvalue weighted by molar-refractivity contribution is 6.32. The summed E-state index contributed by atoms with van der Waals surface area (Å²) in [7, 11) is 3.22. The molecule has 1 aromatic carbocycles. The van der Waals surface area contributed by atoms with Gasteiger partial charge >= 0.3 is 0 Å². The summed E-state index contributed by atoms with van der Waals surface area (Å²) >= 11 is 6.10. The number of halogens is 1. The Morgan fingerprint density at radius 1 is 1.26 bits per heavy atom. The Morgan fingerprint density at radius 2 is 1.89 bits per heavy atom. The molecule has 0 amide bonds. The Kier molecular flexibility index (Phi) is 6.16. The Hall–Kier alpha value is -1.22. The first-order chi connectivity index (χ1) is 9.03. The van der Waals surface area contributed by atoms with E-state index >= 15 is 0 Å². The number of hydrogen-bond donors (Lipinski definition) is 0. The molecule has 1 unspecified atom stereocenters. The molecule has 0 aliphatic heterocycles. The monoisotopic (exact) mass is 284 g/mol. The van der Waals surface area contributed by atoms with Crippen LogP contribution in [0.3, 0.4) is 0 Å². The van der Waals surface area contributed by atoms with Gasteiger partial charge in [0.15, 0.2) is 0 Å². The van der Waals surface area contributed by atoms with Crippen LogP contribution in [0.25, 0.3) is 0 Å². The van der Waals surface area contributed by atoms with Gasteiger partial charge in [-0.2, -0.15) is 0 Å². The maximum Gasteiger partial charge on any atom is 0.138 e. The fourth-order valence-corrected chi connectivity index (χ4v) is 2.39. The fraction of sp³-hybridized carbons (Fsp3) is 0.533. The van der Waals surface area contributed by atoms with Gasteiger partial charge in [0, 0.05) is 18.1 Å². The van der Waals surface area contributed by atoms with Crippen molar-refractivity contribution in [3.8, 4) is 11.5 Å². The zero-order valence-electron chi connectivity index (χ0n) is 12.0. The maximum absolute atomic E-state index is 11.2. The van der Waals surface area contributed by atoms with Crippen molar-refractivity contribution in [1.82, 2.24) is 0 Å². The Morgan fingerprint density at radius 3 is 2.37 bits per heavy atom. The van der Waals surface area contributed by atoms with E-state index in [0.717, 1.165) is 24.2 Å². The van der Waals surface area contributed by atoms with Crippen molar-refractivity contribution < 1.29 is 14.3 Å². The van der Waals surface area contributed by atoms with Gasteiger partial charge in [0.1, 0.15) is 17.3 Å². The number of rotatable bonds is 7. The summed E-state index contributed by atoms with van der Waals surface area (Å²) in [6.45, 7) is 3.72. The molecule has 0 radical (unpaired) electrons. The largest absolute Gasteiger partial charge is 0.496 e. The molecular weight excluding hydrogens is 264 g/mol. The van der Waals surface area contributed by atoms with E-state index in [1.165, 1.54) is 0 Å². The van der Waals surface area contributed by atoms with Crippen molar-refractivity contribution in [3.05, 3.63) is 22.7 Å². The molecule has 4 heteroatoms. The highest BCUT2D eigenvalue weighted by atomic mass is 35.5. The van der Waals surface area contributed by atoms with E-state index in [0.29, 0.717) is 17.2 Å². The van der Waals surface area contributed by atoms with E-state index in [1.807, 2.05) is 6.07 Å². The lowest BCUT2D eigenvalue weighted by atomic mass is 9.90. The maximum atomic E-state index is 11.2. The normalized spacial score (nSPS) is 12.1. The Balaban J connectivity index is 3.09. The van der Waals surface area contributed by atoms with Crippen LogP contribution in [0.4, 0.5) is 0 Å². The molecule has 0 aliphatic carbocycles. The average Bonchev–Trinajstić information content (AvgIpc) is 2.39. The zero-order chi connectivity index (χ0) is 14.4. The lowest BCUT2D eigenvalue weighted by molar-refractivity contribution is -0.117. The summed E-state index contributed by atoms with van der Waals surface area (Å²) in [4.78, 5) is 11.2. The van der Waals surface area contributed by atoms with Crippen LogP contribution in [0.2, 0.25) is 5.02 Å². The molecule has 106 valence electrons. The predicted octanol–water partition coefficient (Wildman–Crippen LogP) is 4.22. The quantitative estimate of drug-likeness (QED) is 0.752. The number of Topliss-reactive ketones (excluding diaryl/α,β-unsaturated/α-hetero) is 1. The molecule has 0 bridgehead atoms. The van der Waals surface area contributed by atoms with Crippen LogP contribution < -0.4 is 9.47 Å². The van der Waals surface area contributed by atoms with Crippen molar-refractivity contribution in [3.63, 3.8) is 0 Å². The standard InChI is InChI=1S/C15H21ClO3/c1-5-11(7-6-10(2)17)12-8-15(19-4)13(16)9-14(12)18-3/h8-9,11H,5-7H2,1-4H3. The Bertz CT molecular complexity index is 443. The number of ether oxygens (including phenoxy) is 2. The second-order valence-corrected chi connectivity index (χ2v) is 4.98. The van der Waals surface area contributed by atoms with E-state index in [2.05, 4.69) is 6.92 Å². The lowest BCUT2D eigenvalue weighted by Gasteiger charge is -2.19. The number of carbonyl (C=O) groups excluding carboxylic acids is 1. The van der Waals surface area contributed by atoms with E-state index in [9.17, 15) is 4.79 Å². The predicted molar refractivity (Wildman–Crippen MR) is 77.5 cm³/mol. The molecule has 0 N–H and O–H groups in total. The first-order valence-electron chi connectivity index (χ1n) is 6.44. The minimum atomic E-state index is 0.207. The molecular formula is C15H21ClO3. The summed E-state index contributed by atoms with van der Waals surface area (Å²) < 4.78 is 10.6. The lowest BCUT2D eigenvalue weighted by Crippen LogP contribution is -2.04. The second kappa shape index (κ2) is 7.39. The molecule has 1 atom stereocenters. The summed E-state index contributed by atoms with van der Waals surface area (Å²) in [5, 5.41) is 0.532. The van der Waals surface area contributed by atoms with Crippen molar-refractivity contribution in [2.45, 2.75) is 39.0 Å². The molecule has 0 heterocycles. The number of benzene rings is 1. The third kappa shape index (κ3) is 4.13. The van der Waals surface area contributed by atoms with Crippen molar-refractivity contribution in [1.29, 1.82) is 0 Å². The molecule has 0 fully saturated rings. The average molecular weight is 285 g/mol. The van der Waals surface area contributed by atoms with Crippen LogP contribution in [0.1, 0.15) is 44.6 Å². The fourth-order valence-electron chi connectivity index (χ4n) is 2.16. The second-order valence-electron chi connectivity index (χ2n) is 4.57. The van der Waals surface area contributed by atoms with Gasteiger partial charge in [-0.15, -0.1) is 0 Å². The van der Waals surface area contributed by atoms with Gasteiger partial charge in [0.05, 0.1) is 19.2 Å². The van der Waals surface area contributed by atoms with E-state index in [1.54, 1.807) is 27.2 Å². The number of ketones is 1. The van der Waals surface area contributed by atoms with E-state index in [-0.39, 0.29) is 11.7 Å². The van der Waals surface area contributed by atoms with Crippen LogP contribution >= 0.6 is 11.6 Å². The van der Waals surface area contributed by atoms with Gasteiger partial charge < -0.3 is 14.3 Å². The van der Waals surface area contributed by atoms with E-state index < -0.39 is 0 Å². The van der Waals surface area contributed by atoms with Crippen LogP contribution in [-0.4, -0.2) is 20.0 Å². The first-order valence-corrected chi connectivity index (χ1v) is 6.82. The summed E-state index contributed by atoms with van der Waals surface area (Å²) in [5.41, 5.74) is 1.05. The van der Waals surface area contributed by atoms with Gasteiger partial charge in [-0.25, -0.2) is 0 Å². The molecule has 0 saturated heterocycles. The molecule has 0 saturated carbocycles. The van der Waals surface area contributed by atoms with Crippen molar-refractivity contribution in [2.24, 2.45) is 0 Å². The molecule has 3 nitrogen and oxygen atoms in total. The third-order valence-corrected chi connectivity index (χ3v) is 3.58. The van der Waals surface area contributed by atoms with Gasteiger partial charge in [-0.3, -0.25) is 0 Å². The highest BCUT2D eigenvalue weighted by Gasteiger charge is 2.18. The Labute approximate surface area is 119 Å². The van der Waals surface area contributed by atoms with Crippen molar-refractivity contribution >= 4 is 17.4 Å². The van der Waals surface area contributed by atoms with Gasteiger partial charge in [0.2, 0.25) is 0 Å². The number of methoxy groups -OCH3 is 2.